The average Bonchev–Trinajstić information content (AvgIpc) is 3.21. The van der Waals surface area contributed by atoms with Crippen LogP contribution in [0, 0.1) is 18.3 Å². The Morgan fingerprint density at radius 3 is 2.40 bits per heavy atom. The second kappa shape index (κ2) is 7.77. The molecular weight excluding hydrogens is 471 g/mol. The second-order valence-corrected chi connectivity index (χ2v) is 9.33. The number of halogens is 3. The first-order valence-corrected chi connectivity index (χ1v) is 11.0. The molecule has 2 N–H and O–H groups in total. The molecular formula is C22H22F3N5O5. The van der Waals surface area contributed by atoms with Crippen LogP contribution >= 0.6 is 0 Å². The number of barbiturate groups is 1. The van der Waals surface area contributed by atoms with E-state index in [-0.39, 0.29) is 12.3 Å². The first kappa shape index (κ1) is 23.3. The molecule has 1 aromatic carbocycles. The van der Waals surface area contributed by atoms with E-state index in [1.54, 1.807) is 39.0 Å². The molecule has 2 saturated heterocycles. The van der Waals surface area contributed by atoms with Gasteiger partial charge in [0.15, 0.2) is 11.5 Å². The van der Waals surface area contributed by atoms with E-state index in [1.165, 1.54) is 4.90 Å². The summed E-state index contributed by atoms with van der Waals surface area (Å²) in [5, 5.41) is 12.0. The number of ether oxygens (including phenoxy) is 1. The molecule has 2 aromatic rings. The van der Waals surface area contributed by atoms with E-state index in [4.69, 9.17) is 9.15 Å². The lowest BCUT2D eigenvalue weighted by atomic mass is 9.65. The lowest BCUT2D eigenvalue weighted by molar-refractivity contribution is -0.250. The summed E-state index contributed by atoms with van der Waals surface area (Å²) in [5.74, 6) is -1.74. The van der Waals surface area contributed by atoms with Crippen LogP contribution in [0.25, 0.3) is 11.5 Å². The molecule has 1 aromatic heterocycles. The van der Waals surface area contributed by atoms with E-state index < -0.39 is 60.1 Å². The standard InChI is InChI=1S/C22H22F3N5O5/c1-9(2)15-16-21(18(31)26-20(33)27-19(21)32)7-12-6-11(17-29-28-10(3)34-17)4-5-13(12)30(16)8-14(35-15)22(23,24)25/h4-6,9,14-16H,7-8H2,1-3H3,(H2,26,27,31,32,33)/t14-,15?,16+/m0/s1. The molecule has 35 heavy (non-hydrogen) atoms. The van der Waals surface area contributed by atoms with Crippen molar-refractivity contribution in [3.8, 4) is 11.5 Å². The zero-order chi connectivity index (χ0) is 25.3. The summed E-state index contributed by atoms with van der Waals surface area (Å²) >= 11 is 0. The van der Waals surface area contributed by atoms with E-state index in [2.05, 4.69) is 20.8 Å². The SMILES string of the molecule is Cc1nnc(-c2ccc3c(c2)CC2(C(=O)NC(=O)NC2=O)[C@H]2C(C(C)C)O[C@H](C(F)(F)F)CN32)o1. The molecule has 0 radical (unpaired) electrons. The zero-order valence-corrected chi connectivity index (χ0v) is 19.0. The highest BCUT2D eigenvalue weighted by atomic mass is 19.4. The predicted octanol–water partition coefficient (Wildman–Crippen LogP) is 2.11. The van der Waals surface area contributed by atoms with Crippen molar-refractivity contribution < 1.29 is 36.7 Å². The van der Waals surface area contributed by atoms with Gasteiger partial charge in [-0.25, -0.2) is 4.79 Å². The van der Waals surface area contributed by atoms with Crippen LogP contribution in [0.2, 0.25) is 0 Å². The number of nitrogens with one attached hydrogen (secondary N) is 2. The smallest absolute Gasteiger partial charge is 0.416 e. The number of aryl methyl sites for hydroxylation is 1. The highest BCUT2D eigenvalue weighted by Crippen LogP contribution is 2.49. The fourth-order valence-electron chi connectivity index (χ4n) is 5.23. The van der Waals surface area contributed by atoms with E-state index in [9.17, 15) is 27.6 Å². The summed E-state index contributed by atoms with van der Waals surface area (Å²) < 4.78 is 52.5. The van der Waals surface area contributed by atoms with Crippen LogP contribution in [0.3, 0.4) is 0 Å². The molecule has 4 amide bonds. The quantitative estimate of drug-likeness (QED) is 0.610. The van der Waals surface area contributed by atoms with Gasteiger partial charge in [0.05, 0.1) is 18.7 Å². The minimum atomic E-state index is -4.67. The van der Waals surface area contributed by atoms with Gasteiger partial charge >= 0.3 is 12.2 Å². The van der Waals surface area contributed by atoms with Gasteiger partial charge in [-0.15, -0.1) is 10.2 Å². The normalized spacial score (nSPS) is 25.9. The van der Waals surface area contributed by atoms with Gasteiger partial charge in [-0.2, -0.15) is 13.2 Å². The molecule has 2 fully saturated rings. The van der Waals surface area contributed by atoms with Crippen LogP contribution in [-0.2, 0) is 20.7 Å². The van der Waals surface area contributed by atoms with Crippen LogP contribution in [-0.4, -0.2) is 59.0 Å². The van der Waals surface area contributed by atoms with Crippen LogP contribution < -0.4 is 15.5 Å². The van der Waals surface area contributed by atoms with Gasteiger partial charge in [0, 0.05) is 18.2 Å². The van der Waals surface area contributed by atoms with E-state index >= 15 is 0 Å². The minimum Gasteiger partial charge on any atom is -0.421 e. The molecule has 1 spiro atoms. The summed E-state index contributed by atoms with van der Waals surface area (Å²) in [6.07, 6.45) is -8.11. The van der Waals surface area contributed by atoms with Gasteiger partial charge < -0.3 is 14.1 Å². The van der Waals surface area contributed by atoms with Crippen molar-refractivity contribution in [3.05, 3.63) is 29.7 Å². The van der Waals surface area contributed by atoms with Gasteiger partial charge in [-0.3, -0.25) is 20.2 Å². The van der Waals surface area contributed by atoms with Crippen molar-refractivity contribution in [1.82, 2.24) is 20.8 Å². The van der Waals surface area contributed by atoms with Gasteiger partial charge in [-0.1, -0.05) is 13.8 Å². The van der Waals surface area contributed by atoms with Crippen molar-refractivity contribution in [2.45, 2.75) is 51.6 Å². The lowest BCUT2D eigenvalue weighted by Crippen LogP contribution is -2.76. The third kappa shape index (κ3) is 3.56. The van der Waals surface area contributed by atoms with E-state index in [0.29, 0.717) is 22.7 Å². The second-order valence-electron chi connectivity index (χ2n) is 9.33. The van der Waals surface area contributed by atoms with Gasteiger partial charge in [0.25, 0.3) is 0 Å². The fraction of sp³-hybridized carbons (Fsp3) is 0.500. The van der Waals surface area contributed by atoms with Gasteiger partial charge in [-0.05, 0) is 36.1 Å². The summed E-state index contributed by atoms with van der Waals surface area (Å²) in [4.78, 5) is 39.9. The largest absolute Gasteiger partial charge is 0.421 e. The number of aromatic nitrogens is 2. The molecule has 3 aliphatic rings. The maximum atomic E-state index is 13.9. The molecule has 5 rings (SSSR count). The Labute approximate surface area is 197 Å². The van der Waals surface area contributed by atoms with Gasteiger partial charge in [0.1, 0.15) is 0 Å². The first-order chi connectivity index (χ1) is 16.4. The van der Waals surface area contributed by atoms with Crippen molar-refractivity contribution in [1.29, 1.82) is 0 Å². The highest BCUT2D eigenvalue weighted by Gasteiger charge is 2.65. The Hall–Kier alpha value is -3.48. The molecule has 13 heteroatoms. The van der Waals surface area contributed by atoms with Crippen LogP contribution in [0.4, 0.5) is 23.7 Å². The topological polar surface area (TPSA) is 127 Å². The monoisotopic (exact) mass is 493 g/mol. The van der Waals surface area contributed by atoms with Crippen LogP contribution in [0.5, 0.6) is 0 Å². The fourth-order valence-corrected chi connectivity index (χ4v) is 5.23. The van der Waals surface area contributed by atoms with E-state index in [1.807, 2.05) is 0 Å². The maximum absolute atomic E-state index is 13.9. The summed E-state index contributed by atoms with van der Waals surface area (Å²) in [6, 6.07) is 2.79. The van der Waals surface area contributed by atoms with Gasteiger partial charge in [0.2, 0.25) is 23.6 Å². The Bertz CT molecular complexity index is 1210. The number of hydrogen-bond acceptors (Lipinski definition) is 8. The number of urea groups is 1. The molecule has 3 aliphatic heterocycles. The zero-order valence-electron chi connectivity index (χ0n) is 19.0. The summed E-state index contributed by atoms with van der Waals surface area (Å²) in [6.45, 7) is 4.31. The molecule has 0 aliphatic carbocycles. The lowest BCUT2D eigenvalue weighted by Gasteiger charge is -2.57. The summed E-state index contributed by atoms with van der Waals surface area (Å²) in [7, 11) is 0. The molecule has 3 atom stereocenters. The summed E-state index contributed by atoms with van der Waals surface area (Å²) in [5.41, 5.74) is -0.567. The molecule has 4 heterocycles. The van der Waals surface area contributed by atoms with Crippen LogP contribution in [0.1, 0.15) is 25.3 Å². The van der Waals surface area contributed by atoms with Crippen molar-refractivity contribution in [2.24, 2.45) is 11.3 Å². The number of carbonyl (C=O) groups is 3. The predicted molar refractivity (Wildman–Crippen MR) is 113 cm³/mol. The molecule has 0 saturated carbocycles. The van der Waals surface area contributed by atoms with Crippen LogP contribution in [0.15, 0.2) is 22.6 Å². The van der Waals surface area contributed by atoms with Crippen molar-refractivity contribution >= 4 is 23.5 Å². The highest BCUT2D eigenvalue weighted by molar-refractivity contribution is 6.20. The molecule has 186 valence electrons. The first-order valence-electron chi connectivity index (χ1n) is 11.0. The van der Waals surface area contributed by atoms with E-state index in [0.717, 1.165) is 0 Å². The Morgan fingerprint density at radius 2 is 1.83 bits per heavy atom. The Balaban J connectivity index is 1.70. The Kier molecular flexibility index (Phi) is 5.16. The number of nitrogens with zero attached hydrogens (tertiary/aromatic N) is 3. The number of rotatable bonds is 2. The third-order valence-corrected chi connectivity index (χ3v) is 6.75. The van der Waals surface area contributed by atoms with Crippen molar-refractivity contribution in [3.63, 3.8) is 0 Å². The Morgan fingerprint density at radius 1 is 1.14 bits per heavy atom. The molecule has 10 nitrogen and oxygen atoms in total. The average molecular weight is 493 g/mol. The number of amides is 4. The number of benzene rings is 1. The number of fused-ring (bicyclic) bond motifs is 4. The number of carbonyl (C=O) groups excluding carboxylic acids is 3. The molecule has 0 bridgehead atoms. The number of imide groups is 2. The maximum Gasteiger partial charge on any atom is 0.416 e. The number of morpholine rings is 1. The third-order valence-electron chi connectivity index (χ3n) is 6.75. The van der Waals surface area contributed by atoms with Crippen molar-refractivity contribution in [2.75, 3.05) is 11.4 Å². The number of alkyl halides is 3. The molecule has 1 unspecified atom stereocenters. The minimum absolute atomic E-state index is 0.168. The number of anilines is 1. The number of hydrogen-bond donors (Lipinski definition) is 2.